The van der Waals surface area contributed by atoms with Crippen molar-refractivity contribution in [3.05, 3.63) is 83.1 Å². The van der Waals surface area contributed by atoms with Gasteiger partial charge in [-0.15, -0.1) is 11.8 Å². The molecule has 0 aliphatic carbocycles. The van der Waals surface area contributed by atoms with E-state index in [-0.39, 0.29) is 24.1 Å². The maximum atomic E-state index is 14.0. The number of hydrogen-bond donors (Lipinski definition) is 2. The number of rotatable bonds is 9. The lowest BCUT2D eigenvalue weighted by atomic mass is 10.2. The average molecular weight is 517 g/mol. The molecule has 0 heterocycles. The molecule has 2 amide bonds. The van der Waals surface area contributed by atoms with Crippen molar-refractivity contribution < 1.29 is 18.7 Å². The van der Waals surface area contributed by atoms with E-state index in [1.165, 1.54) is 23.9 Å². The van der Waals surface area contributed by atoms with Gasteiger partial charge in [-0.1, -0.05) is 47.1 Å². The van der Waals surface area contributed by atoms with Gasteiger partial charge in [-0.3, -0.25) is 9.59 Å². The topological polar surface area (TPSA) is 67.4 Å². The van der Waals surface area contributed by atoms with Crippen LogP contribution in [0, 0.1) is 5.82 Å². The van der Waals surface area contributed by atoms with Gasteiger partial charge in [-0.25, -0.2) is 4.39 Å². The Morgan fingerprint density at radius 2 is 1.81 bits per heavy atom. The molecular weight excluding hydrogens is 495 g/mol. The average Bonchev–Trinajstić information content (AvgIpc) is 2.79. The molecule has 0 saturated carbocycles. The van der Waals surface area contributed by atoms with Crippen LogP contribution < -0.4 is 15.4 Å². The maximum Gasteiger partial charge on any atom is 0.262 e. The van der Waals surface area contributed by atoms with Crippen molar-refractivity contribution in [3.63, 3.8) is 0 Å². The zero-order valence-electron chi connectivity index (χ0n) is 17.3. The maximum absolute atomic E-state index is 14.0. The van der Waals surface area contributed by atoms with Gasteiger partial charge in [-0.05, 0) is 55.0 Å². The second-order valence-electron chi connectivity index (χ2n) is 6.81. The van der Waals surface area contributed by atoms with Crippen LogP contribution in [0.4, 0.5) is 15.8 Å². The summed E-state index contributed by atoms with van der Waals surface area (Å²) in [5.41, 5.74) is 0.738. The van der Waals surface area contributed by atoms with E-state index in [9.17, 15) is 14.0 Å². The van der Waals surface area contributed by atoms with E-state index in [1.807, 2.05) is 31.2 Å². The first-order valence-electron chi connectivity index (χ1n) is 9.95. The predicted molar refractivity (Wildman–Crippen MR) is 130 cm³/mol. The van der Waals surface area contributed by atoms with Gasteiger partial charge in [0.05, 0.1) is 10.9 Å². The molecule has 1 atom stereocenters. The largest absolute Gasteiger partial charge is 0.484 e. The molecule has 0 bridgehead atoms. The zero-order valence-corrected chi connectivity index (χ0v) is 19.7. The fourth-order valence-electron chi connectivity index (χ4n) is 2.80. The first kappa shape index (κ1) is 23.8. The Hall–Kier alpha value is -2.84. The van der Waals surface area contributed by atoms with Gasteiger partial charge in [0.1, 0.15) is 11.6 Å². The summed E-state index contributed by atoms with van der Waals surface area (Å²) in [6.45, 7) is 1.78. The smallest absolute Gasteiger partial charge is 0.262 e. The number of carbonyl (C=O) groups is 2. The third-order valence-corrected chi connectivity index (χ3v) is 6.21. The third-order valence-electron chi connectivity index (χ3n) is 4.36. The summed E-state index contributed by atoms with van der Waals surface area (Å²) in [4.78, 5) is 25.7. The van der Waals surface area contributed by atoms with Crippen LogP contribution in [-0.2, 0) is 9.59 Å². The van der Waals surface area contributed by atoms with Gasteiger partial charge in [0.25, 0.3) is 5.91 Å². The van der Waals surface area contributed by atoms with Crippen LogP contribution in [0.15, 0.2) is 82.2 Å². The van der Waals surface area contributed by atoms with Crippen LogP contribution in [0.3, 0.4) is 0 Å². The van der Waals surface area contributed by atoms with Crippen molar-refractivity contribution in [2.75, 3.05) is 17.2 Å². The molecule has 0 saturated heterocycles. The summed E-state index contributed by atoms with van der Waals surface area (Å²) in [6.07, 6.45) is 0.552. The first-order chi connectivity index (χ1) is 15.4. The van der Waals surface area contributed by atoms with E-state index in [0.29, 0.717) is 22.3 Å². The molecule has 3 aromatic carbocycles. The lowest BCUT2D eigenvalue weighted by Crippen LogP contribution is -2.25. The van der Waals surface area contributed by atoms with Crippen LogP contribution in [0.25, 0.3) is 0 Å². The van der Waals surface area contributed by atoms with Crippen LogP contribution in [0.1, 0.15) is 13.3 Å². The molecular formula is C24H22BrFN2O3S. The quantitative estimate of drug-likeness (QED) is 0.336. The molecule has 0 spiro atoms. The number of hydrogen-bond acceptors (Lipinski definition) is 4. The SMILES string of the molecule is CCC(Sc1cccc(NC(=O)COc2ccccc2)c1)C(=O)Nc1ccc(Br)cc1F. The molecule has 0 aliphatic heterocycles. The Balaban J connectivity index is 1.58. The van der Waals surface area contributed by atoms with Gasteiger partial charge < -0.3 is 15.4 Å². The number of amides is 2. The fourth-order valence-corrected chi connectivity index (χ4v) is 4.15. The van der Waals surface area contributed by atoms with E-state index in [2.05, 4.69) is 26.6 Å². The van der Waals surface area contributed by atoms with Gasteiger partial charge in [0, 0.05) is 15.1 Å². The monoisotopic (exact) mass is 516 g/mol. The lowest BCUT2D eigenvalue weighted by molar-refractivity contribution is -0.118. The number of benzene rings is 3. The molecule has 3 rings (SSSR count). The van der Waals surface area contributed by atoms with E-state index < -0.39 is 11.1 Å². The molecule has 3 aromatic rings. The highest BCUT2D eigenvalue weighted by Crippen LogP contribution is 2.29. The minimum atomic E-state index is -0.505. The number of carbonyl (C=O) groups excluding carboxylic acids is 2. The highest BCUT2D eigenvalue weighted by Gasteiger charge is 2.19. The van der Waals surface area contributed by atoms with Crippen molar-refractivity contribution in [2.24, 2.45) is 0 Å². The van der Waals surface area contributed by atoms with Crippen molar-refractivity contribution in [3.8, 4) is 5.75 Å². The van der Waals surface area contributed by atoms with Crippen molar-refractivity contribution in [2.45, 2.75) is 23.5 Å². The summed E-state index contributed by atoms with van der Waals surface area (Å²) in [7, 11) is 0. The molecule has 0 aliphatic rings. The number of nitrogens with one attached hydrogen (secondary N) is 2. The normalized spacial score (nSPS) is 11.5. The summed E-state index contributed by atoms with van der Waals surface area (Å²) in [5.74, 6) is -0.461. The van der Waals surface area contributed by atoms with Crippen molar-refractivity contribution in [1.29, 1.82) is 0 Å². The summed E-state index contributed by atoms with van der Waals surface area (Å²) < 4.78 is 20.1. The van der Waals surface area contributed by atoms with Crippen molar-refractivity contribution >= 4 is 50.9 Å². The minimum absolute atomic E-state index is 0.111. The molecule has 166 valence electrons. The molecule has 32 heavy (non-hydrogen) atoms. The van der Waals surface area contributed by atoms with Gasteiger partial charge in [0.15, 0.2) is 6.61 Å². The van der Waals surface area contributed by atoms with Crippen LogP contribution in [-0.4, -0.2) is 23.7 Å². The second-order valence-corrected chi connectivity index (χ2v) is 9.00. The number of halogens is 2. The molecule has 0 radical (unpaired) electrons. The van der Waals surface area contributed by atoms with E-state index in [0.717, 1.165) is 4.90 Å². The summed E-state index contributed by atoms with van der Waals surface area (Å²) >= 11 is 4.55. The van der Waals surface area contributed by atoms with Crippen LogP contribution in [0.5, 0.6) is 5.75 Å². The Bertz CT molecular complexity index is 1080. The van der Waals surface area contributed by atoms with Crippen molar-refractivity contribution in [1.82, 2.24) is 0 Å². The molecule has 5 nitrogen and oxygen atoms in total. The second kappa shape index (κ2) is 11.7. The van der Waals surface area contributed by atoms with Gasteiger partial charge in [-0.2, -0.15) is 0 Å². The fraction of sp³-hybridized carbons (Fsp3) is 0.167. The highest BCUT2D eigenvalue weighted by atomic mass is 79.9. The number of para-hydroxylation sites is 1. The Kier molecular flexibility index (Phi) is 8.70. The number of thioether (sulfide) groups is 1. The lowest BCUT2D eigenvalue weighted by Gasteiger charge is -2.16. The Morgan fingerprint density at radius 3 is 2.53 bits per heavy atom. The van der Waals surface area contributed by atoms with Crippen LogP contribution in [0.2, 0.25) is 0 Å². The minimum Gasteiger partial charge on any atom is -0.484 e. The molecule has 1 unspecified atom stereocenters. The van der Waals surface area contributed by atoms with Gasteiger partial charge >= 0.3 is 0 Å². The van der Waals surface area contributed by atoms with E-state index >= 15 is 0 Å². The summed E-state index contributed by atoms with van der Waals surface area (Å²) in [5, 5.41) is 5.01. The highest BCUT2D eigenvalue weighted by molar-refractivity contribution is 9.10. The molecule has 2 N–H and O–H groups in total. The Morgan fingerprint density at radius 1 is 1.03 bits per heavy atom. The zero-order chi connectivity index (χ0) is 22.9. The summed E-state index contributed by atoms with van der Waals surface area (Å²) in [6, 6.07) is 20.8. The number of ether oxygens (including phenoxy) is 1. The van der Waals surface area contributed by atoms with Crippen LogP contribution >= 0.6 is 27.7 Å². The van der Waals surface area contributed by atoms with E-state index in [4.69, 9.17) is 4.74 Å². The van der Waals surface area contributed by atoms with E-state index in [1.54, 1.807) is 36.4 Å². The molecule has 0 fully saturated rings. The Labute approximate surface area is 198 Å². The first-order valence-corrected chi connectivity index (χ1v) is 11.6. The third kappa shape index (κ3) is 7.10. The standard InChI is InChI=1S/C24H22BrFN2O3S/c1-2-22(24(30)28-21-12-11-16(25)13-20(21)26)32-19-10-6-7-17(14-19)27-23(29)15-31-18-8-4-3-5-9-18/h3-14,22H,2,15H2,1H3,(H,27,29)(H,28,30). The van der Waals surface area contributed by atoms with Gasteiger partial charge in [0.2, 0.25) is 5.91 Å². The predicted octanol–water partition coefficient (Wildman–Crippen LogP) is 6.12. The molecule has 0 aromatic heterocycles. The molecule has 8 heteroatoms. The number of anilines is 2.